The van der Waals surface area contributed by atoms with Gasteiger partial charge in [-0.25, -0.2) is 0 Å². The van der Waals surface area contributed by atoms with Crippen molar-refractivity contribution in [2.75, 3.05) is 46.4 Å². The zero-order chi connectivity index (χ0) is 18.2. The van der Waals surface area contributed by atoms with Crippen LogP contribution in [0.15, 0.2) is 54.7 Å². The molecule has 5 heteroatoms. The molecule has 1 aliphatic heterocycles. The summed E-state index contributed by atoms with van der Waals surface area (Å²) < 4.78 is 5.40. The van der Waals surface area contributed by atoms with Gasteiger partial charge in [-0.05, 0) is 24.1 Å². The van der Waals surface area contributed by atoms with Gasteiger partial charge >= 0.3 is 0 Å². The van der Waals surface area contributed by atoms with Crippen LogP contribution in [-0.4, -0.2) is 67.1 Å². The van der Waals surface area contributed by atoms with Crippen molar-refractivity contribution < 1.29 is 9.53 Å². The highest BCUT2D eigenvalue weighted by molar-refractivity contribution is 5.92. The van der Waals surface area contributed by atoms with Crippen LogP contribution in [0.2, 0.25) is 0 Å². The number of rotatable bonds is 6. The molecule has 1 aromatic heterocycles. The monoisotopic (exact) mass is 353 g/mol. The fraction of sp³-hybridized carbons (Fsp3) is 0.429. The number of benzene rings is 1. The molecule has 1 amide bonds. The molecule has 0 unspecified atom stereocenters. The van der Waals surface area contributed by atoms with Crippen LogP contribution < -0.4 is 0 Å². The summed E-state index contributed by atoms with van der Waals surface area (Å²) in [7, 11) is 1.73. The maximum absolute atomic E-state index is 12.8. The summed E-state index contributed by atoms with van der Waals surface area (Å²) in [6, 6.07) is 16.0. The average molecular weight is 353 g/mol. The lowest BCUT2D eigenvalue weighted by molar-refractivity contribution is 0.0701. The van der Waals surface area contributed by atoms with Gasteiger partial charge in [0.15, 0.2) is 0 Å². The quantitative estimate of drug-likeness (QED) is 0.800. The second-order valence-electron chi connectivity index (χ2n) is 6.82. The van der Waals surface area contributed by atoms with E-state index in [9.17, 15) is 4.79 Å². The van der Waals surface area contributed by atoms with Gasteiger partial charge in [0.05, 0.1) is 6.61 Å². The predicted octanol–water partition coefficient (Wildman–Crippen LogP) is 2.34. The third kappa shape index (κ3) is 5.13. The lowest BCUT2D eigenvalue weighted by Crippen LogP contribution is -2.37. The van der Waals surface area contributed by atoms with E-state index in [2.05, 4.69) is 34.1 Å². The van der Waals surface area contributed by atoms with Gasteiger partial charge in [-0.3, -0.25) is 9.78 Å². The van der Waals surface area contributed by atoms with Crippen LogP contribution in [0.25, 0.3) is 0 Å². The van der Waals surface area contributed by atoms with E-state index in [0.717, 1.165) is 32.6 Å². The number of nitrogens with zero attached hydrogens (tertiary/aromatic N) is 3. The van der Waals surface area contributed by atoms with E-state index in [4.69, 9.17) is 4.74 Å². The molecule has 0 N–H and O–H groups in total. The molecule has 26 heavy (non-hydrogen) atoms. The number of amides is 1. The first kappa shape index (κ1) is 18.5. The van der Waals surface area contributed by atoms with Gasteiger partial charge in [0.2, 0.25) is 0 Å². The summed E-state index contributed by atoms with van der Waals surface area (Å²) in [5.74, 6) is 0.322. The second-order valence-corrected chi connectivity index (χ2v) is 6.82. The lowest BCUT2D eigenvalue weighted by atomic mass is 10.1. The number of methoxy groups -OCH3 is 1. The molecule has 138 valence electrons. The molecule has 1 fully saturated rings. The van der Waals surface area contributed by atoms with Gasteiger partial charge < -0.3 is 14.5 Å². The first-order valence-corrected chi connectivity index (χ1v) is 9.22. The number of pyridine rings is 1. The smallest absolute Gasteiger partial charge is 0.272 e. The molecular weight excluding hydrogens is 326 g/mol. The highest BCUT2D eigenvalue weighted by Gasteiger charge is 2.26. The largest absolute Gasteiger partial charge is 0.384 e. The number of carbonyl (C=O) groups is 1. The Kier molecular flexibility index (Phi) is 6.75. The van der Waals surface area contributed by atoms with Gasteiger partial charge in [0.1, 0.15) is 5.69 Å². The molecule has 2 heterocycles. The van der Waals surface area contributed by atoms with Crippen LogP contribution in [-0.2, 0) is 11.2 Å². The number of hydrogen-bond acceptors (Lipinski definition) is 4. The highest BCUT2D eigenvalue weighted by atomic mass is 16.5. The van der Waals surface area contributed by atoms with Crippen molar-refractivity contribution in [1.29, 1.82) is 0 Å². The van der Waals surface area contributed by atoms with Crippen molar-refractivity contribution in [2.45, 2.75) is 6.42 Å². The van der Waals surface area contributed by atoms with Crippen LogP contribution in [0.4, 0.5) is 0 Å². The molecule has 0 spiro atoms. The van der Waals surface area contributed by atoms with E-state index in [1.807, 2.05) is 23.1 Å². The van der Waals surface area contributed by atoms with Crippen molar-refractivity contribution >= 4 is 5.91 Å². The van der Waals surface area contributed by atoms with Gasteiger partial charge in [-0.1, -0.05) is 36.4 Å². The van der Waals surface area contributed by atoms with E-state index >= 15 is 0 Å². The maximum Gasteiger partial charge on any atom is 0.272 e. The summed E-state index contributed by atoms with van der Waals surface area (Å²) in [5, 5.41) is 0. The van der Waals surface area contributed by atoms with Gasteiger partial charge in [-0.2, -0.15) is 0 Å². The molecular formula is C21H27N3O2. The lowest BCUT2D eigenvalue weighted by Gasteiger charge is -2.24. The Morgan fingerprint density at radius 3 is 2.65 bits per heavy atom. The fourth-order valence-electron chi connectivity index (χ4n) is 3.49. The van der Waals surface area contributed by atoms with E-state index in [0.29, 0.717) is 24.8 Å². The average Bonchev–Trinajstić information content (AvgIpc) is 2.90. The van der Waals surface area contributed by atoms with E-state index < -0.39 is 0 Å². The molecule has 0 saturated carbocycles. The third-order valence-corrected chi connectivity index (χ3v) is 4.81. The van der Waals surface area contributed by atoms with Gasteiger partial charge in [0, 0.05) is 51.9 Å². The van der Waals surface area contributed by atoms with Crippen LogP contribution in [0, 0.1) is 5.92 Å². The molecule has 5 nitrogen and oxygen atoms in total. The number of aromatic nitrogens is 1. The Morgan fingerprint density at radius 2 is 1.92 bits per heavy atom. The van der Waals surface area contributed by atoms with Crippen molar-refractivity contribution in [3.63, 3.8) is 0 Å². The molecule has 2 aromatic rings. The van der Waals surface area contributed by atoms with Gasteiger partial charge in [0.25, 0.3) is 5.91 Å². The van der Waals surface area contributed by atoms with Crippen LogP contribution in [0.1, 0.15) is 16.1 Å². The first-order valence-electron chi connectivity index (χ1n) is 9.22. The van der Waals surface area contributed by atoms with Crippen LogP contribution >= 0.6 is 0 Å². The Bertz CT molecular complexity index is 678. The standard InChI is InChI=1S/C21H27N3O2/c1-26-17-19-15-23(12-10-18-7-3-2-4-8-18)13-14-24(16-19)21(25)20-9-5-6-11-22-20/h2-9,11,19H,10,12-17H2,1H3/t19-/m0/s1. The highest BCUT2D eigenvalue weighted by Crippen LogP contribution is 2.14. The zero-order valence-electron chi connectivity index (χ0n) is 15.4. The molecule has 0 aliphatic carbocycles. The first-order chi connectivity index (χ1) is 12.8. The Balaban J connectivity index is 1.63. The predicted molar refractivity (Wildman–Crippen MR) is 102 cm³/mol. The van der Waals surface area contributed by atoms with E-state index in [1.165, 1.54) is 5.56 Å². The summed E-state index contributed by atoms with van der Waals surface area (Å²) >= 11 is 0. The third-order valence-electron chi connectivity index (χ3n) is 4.81. The van der Waals surface area contributed by atoms with Crippen molar-refractivity contribution in [3.05, 3.63) is 66.0 Å². The van der Waals surface area contributed by atoms with Crippen LogP contribution in [0.5, 0.6) is 0 Å². The van der Waals surface area contributed by atoms with E-state index in [-0.39, 0.29) is 5.91 Å². The second kappa shape index (κ2) is 9.46. The summed E-state index contributed by atoms with van der Waals surface area (Å²) in [5.41, 5.74) is 1.86. The Labute approximate surface area is 155 Å². The maximum atomic E-state index is 12.8. The minimum atomic E-state index is 0.0108. The molecule has 0 bridgehead atoms. The van der Waals surface area contributed by atoms with Crippen molar-refractivity contribution in [3.8, 4) is 0 Å². The Hall–Kier alpha value is -2.24. The van der Waals surface area contributed by atoms with Crippen molar-refractivity contribution in [1.82, 2.24) is 14.8 Å². The normalized spacial score (nSPS) is 18.5. The molecule has 0 radical (unpaired) electrons. The van der Waals surface area contributed by atoms with Gasteiger partial charge in [-0.15, -0.1) is 0 Å². The zero-order valence-corrected chi connectivity index (χ0v) is 15.4. The van der Waals surface area contributed by atoms with Crippen molar-refractivity contribution in [2.24, 2.45) is 5.92 Å². The molecule has 1 saturated heterocycles. The minimum Gasteiger partial charge on any atom is -0.384 e. The minimum absolute atomic E-state index is 0.0108. The molecule has 1 atom stereocenters. The summed E-state index contributed by atoms with van der Waals surface area (Å²) in [4.78, 5) is 21.4. The SMILES string of the molecule is COC[C@H]1CN(CCc2ccccc2)CCN(C(=O)c2ccccn2)C1. The fourth-order valence-corrected chi connectivity index (χ4v) is 3.49. The van der Waals surface area contributed by atoms with E-state index in [1.54, 1.807) is 19.4 Å². The molecule has 3 rings (SSSR count). The number of hydrogen-bond donors (Lipinski definition) is 0. The topological polar surface area (TPSA) is 45.7 Å². The summed E-state index contributed by atoms with van der Waals surface area (Å²) in [6.07, 6.45) is 2.69. The van der Waals surface area contributed by atoms with Crippen LogP contribution in [0.3, 0.4) is 0 Å². The molecule has 1 aliphatic rings. The Morgan fingerprint density at radius 1 is 1.12 bits per heavy atom. The molecule has 1 aromatic carbocycles. The summed E-state index contributed by atoms with van der Waals surface area (Å²) in [6.45, 7) is 4.93. The number of ether oxygens (including phenoxy) is 1. The number of carbonyl (C=O) groups excluding carboxylic acids is 1.